The van der Waals surface area contributed by atoms with Crippen LogP contribution in [0, 0.1) is 0 Å². The highest BCUT2D eigenvalue weighted by atomic mass is 19.4. The first-order valence-electron chi connectivity index (χ1n) is 8.05. The summed E-state index contributed by atoms with van der Waals surface area (Å²) in [4.78, 5) is 2.37. The molecule has 5 heteroatoms. The fraction of sp³-hybridized carbons (Fsp3) is 1.00. The third-order valence-electron chi connectivity index (χ3n) is 4.69. The summed E-state index contributed by atoms with van der Waals surface area (Å²) in [5.74, 6) is 0. The third-order valence-corrected chi connectivity index (χ3v) is 4.69. The van der Waals surface area contributed by atoms with Gasteiger partial charge in [0.25, 0.3) is 0 Å². The van der Waals surface area contributed by atoms with Crippen LogP contribution in [-0.2, 0) is 0 Å². The SMILES string of the molecule is CCCNC1CC2CCCC(C1)N2CCCC(F)(F)F. The number of rotatable bonds is 6. The molecule has 2 saturated heterocycles. The molecule has 2 aliphatic heterocycles. The van der Waals surface area contributed by atoms with Crippen LogP contribution in [0.5, 0.6) is 0 Å². The second-order valence-corrected chi connectivity index (χ2v) is 6.32. The molecule has 2 nitrogen and oxygen atoms in total. The second kappa shape index (κ2) is 7.12. The van der Waals surface area contributed by atoms with E-state index in [1.165, 1.54) is 6.42 Å². The van der Waals surface area contributed by atoms with Gasteiger partial charge in [0, 0.05) is 24.5 Å². The van der Waals surface area contributed by atoms with Crippen LogP contribution >= 0.6 is 0 Å². The normalized spacial score (nSPS) is 31.5. The maximum absolute atomic E-state index is 12.3. The van der Waals surface area contributed by atoms with E-state index in [1.807, 2.05) is 0 Å². The minimum Gasteiger partial charge on any atom is -0.314 e. The van der Waals surface area contributed by atoms with Crippen molar-refractivity contribution in [1.82, 2.24) is 10.2 Å². The summed E-state index contributed by atoms with van der Waals surface area (Å²) in [6, 6.07) is 1.58. The van der Waals surface area contributed by atoms with Gasteiger partial charge >= 0.3 is 6.18 Å². The molecule has 0 spiro atoms. The van der Waals surface area contributed by atoms with E-state index in [9.17, 15) is 13.2 Å². The summed E-state index contributed by atoms with van der Waals surface area (Å²) < 4.78 is 36.8. The van der Waals surface area contributed by atoms with Gasteiger partial charge < -0.3 is 5.32 Å². The fourth-order valence-corrected chi connectivity index (χ4v) is 3.82. The lowest BCUT2D eigenvalue weighted by Crippen LogP contribution is -2.56. The van der Waals surface area contributed by atoms with Crippen LogP contribution in [0.2, 0.25) is 0 Å². The Bertz CT molecular complexity index is 279. The minimum atomic E-state index is -4.00. The van der Waals surface area contributed by atoms with Crippen molar-refractivity contribution in [3.05, 3.63) is 0 Å². The quantitative estimate of drug-likeness (QED) is 0.803. The third kappa shape index (κ3) is 4.62. The first-order valence-corrected chi connectivity index (χ1v) is 8.05. The maximum Gasteiger partial charge on any atom is 0.389 e. The van der Waals surface area contributed by atoms with E-state index in [2.05, 4.69) is 17.1 Å². The maximum atomic E-state index is 12.3. The monoisotopic (exact) mass is 292 g/mol. The number of alkyl halides is 3. The van der Waals surface area contributed by atoms with Crippen LogP contribution in [0.3, 0.4) is 0 Å². The summed E-state index contributed by atoms with van der Waals surface area (Å²) in [6.45, 7) is 3.84. The molecule has 20 heavy (non-hydrogen) atoms. The summed E-state index contributed by atoms with van der Waals surface area (Å²) in [6.07, 6.45) is 2.54. The van der Waals surface area contributed by atoms with Crippen molar-refractivity contribution in [3.63, 3.8) is 0 Å². The molecule has 2 rings (SSSR count). The number of hydrogen-bond acceptors (Lipinski definition) is 2. The van der Waals surface area contributed by atoms with Crippen molar-refractivity contribution in [3.8, 4) is 0 Å². The highest BCUT2D eigenvalue weighted by Gasteiger charge is 2.38. The van der Waals surface area contributed by atoms with Crippen molar-refractivity contribution in [2.45, 2.75) is 82.6 Å². The molecule has 0 saturated carbocycles. The Labute approximate surface area is 120 Å². The molecule has 2 fully saturated rings. The number of hydrogen-bond donors (Lipinski definition) is 1. The second-order valence-electron chi connectivity index (χ2n) is 6.32. The van der Waals surface area contributed by atoms with E-state index in [0.29, 0.717) is 24.7 Å². The first-order chi connectivity index (χ1) is 9.49. The zero-order chi connectivity index (χ0) is 14.6. The molecule has 0 amide bonds. The van der Waals surface area contributed by atoms with Crippen LogP contribution in [0.1, 0.15) is 58.3 Å². The molecule has 0 aromatic heterocycles. The number of fused-ring (bicyclic) bond motifs is 2. The Morgan fingerprint density at radius 1 is 1.15 bits per heavy atom. The van der Waals surface area contributed by atoms with E-state index in [0.717, 1.165) is 38.6 Å². The molecular weight excluding hydrogens is 265 g/mol. The van der Waals surface area contributed by atoms with Gasteiger partial charge in [0.1, 0.15) is 0 Å². The lowest BCUT2D eigenvalue weighted by molar-refractivity contribution is -0.137. The van der Waals surface area contributed by atoms with Crippen molar-refractivity contribution >= 4 is 0 Å². The molecule has 1 N–H and O–H groups in total. The molecule has 118 valence electrons. The van der Waals surface area contributed by atoms with Gasteiger partial charge in [-0.05, 0) is 51.6 Å². The number of nitrogens with zero attached hydrogens (tertiary/aromatic N) is 1. The Hall–Kier alpha value is -0.290. The highest BCUT2D eigenvalue weighted by Crippen LogP contribution is 2.34. The Balaban J connectivity index is 1.82. The van der Waals surface area contributed by atoms with Crippen LogP contribution in [0.15, 0.2) is 0 Å². The zero-order valence-electron chi connectivity index (χ0n) is 12.4. The van der Waals surface area contributed by atoms with Gasteiger partial charge in [-0.2, -0.15) is 13.2 Å². The van der Waals surface area contributed by atoms with E-state index in [4.69, 9.17) is 0 Å². The molecule has 2 atom stereocenters. The predicted molar refractivity (Wildman–Crippen MR) is 74.7 cm³/mol. The Morgan fingerprint density at radius 3 is 2.35 bits per heavy atom. The molecule has 0 radical (unpaired) electrons. The predicted octanol–water partition coefficient (Wildman–Crippen LogP) is 3.71. The van der Waals surface area contributed by atoms with Crippen molar-refractivity contribution in [2.75, 3.05) is 13.1 Å². The standard InChI is InChI=1S/C15H27F3N2/c1-2-8-19-12-10-13-5-3-6-14(11-12)20(13)9-4-7-15(16,17)18/h12-14,19H,2-11H2,1H3. The van der Waals surface area contributed by atoms with Crippen molar-refractivity contribution < 1.29 is 13.2 Å². The average molecular weight is 292 g/mol. The molecule has 0 aromatic rings. The fourth-order valence-electron chi connectivity index (χ4n) is 3.82. The Morgan fingerprint density at radius 2 is 1.80 bits per heavy atom. The largest absolute Gasteiger partial charge is 0.389 e. The lowest BCUT2D eigenvalue weighted by atomic mass is 9.81. The summed E-state index contributed by atoms with van der Waals surface area (Å²) in [5, 5.41) is 3.59. The van der Waals surface area contributed by atoms with E-state index < -0.39 is 12.6 Å². The smallest absolute Gasteiger partial charge is 0.314 e. The number of piperidine rings is 2. The van der Waals surface area contributed by atoms with Crippen LogP contribution in [0.4, 0.5) is 13.2 Å². The molecular formula is C15H27F3N2. The Kier molecular flexibility index (Phi) is 5.73. The molecule has 2 unspecified atom stereocenters. The van der Waals surface area contributed by atoms with Crippen LogP contribution in [-0.4, -0.2) is 42.3 Å². The molecule has 2 bridgehead atoms. The van der Waals surface area contributed by atoms with E-state index in [-0.39, 0.29) is 6.42 Å². The topological polar surface area (TPSA) is 15.3 Å². The number of nitrogens with one attached hydrogen (secondary N) is 1. The van der Waals surface area contributed by atoms with E-state index >= 15 is 0 Å². The van der Waals surface area contributed by atoms with Gasteiger partial charge in [-0.15, -0.1) is 0 Å². The minimum absolute atomic E-state index is 0.254. The summed E-state index contributed by atoms with van der Waals surface area (Å²) in [7, 11) is 0. The lowest BCUT2D eigenvalue weighted by Gasteiger charge is -2.49. The van der Waals surface area contributed by atoms with Gasteiger partial charge in [0.05, 0.1) is 0 Å². The van der Waals surface area contributed by atoms with E-state index in [1.54, 1.807) is 0 Å². The van der Waals surface area contributed by atoms with Gasteiger partial charge in [0.2, 0.25) is 0 Å². The average Bonchev–Trinajstić information content (AvgIpc) is 2.35. The van der Waals surface area contributed by atoms with Crippen LogP contribution in [0.25, 0.3) is 0 Å². The molecule has 2 heterocycles. The summed E-state index contributed by atoms with van der Waals surface area (Å²) >= 11 is 0. The first kappa shape index (κ1) is 16.1. The number of halogens is 3. The van der Waals surface area contributed by atoms with Gasteiger partial charge in [-0.1, -0.05) is 13.3 Å². The molecule has 0 aromatic carbocycles. The summed E-state index contributed by atoms with van der Waals surface area (Å²) in [5.41, 5.74) is 0. The van der Waals surface area contributed by atoms with Crippen molar-refractivity contribution in [2.24, 2.45) is 0 Å². The van der Waals surface area contributed by atoms with Gasteiger partial charge in [-0.3, -0.25) is 4.90 Å². The van der Waals surface area contributed by atoms with Gasteiger partial charge in [0.15, 0.2) is 0 Å². The zero-order valence-corrected chi connectivity index (χ0v) is 12.4. The highest BCUT2D eigenvalue weighted by molar-refractivity contribution is 4.94. The van der Waals surface area contributed by atoms with Crippen LogP contribution < -0.4 is 5.32 Å². The molecule has 2 aliphatic rings. The molecule has 0 aliphatic carbocycles. The van der Waals surface area contributed by atoms with Gasteiger partial charge in [-0.25, -0.2) is 0 Å². The van der Waals surface area contributed by atoms with Crippen molar-refractivity contribution in [1.29, 1.82) is 0 Å².